The van der Waals surface area contributed by atoms with Gasteiger partial charge in [-0.25, -0.2) is 9.97 Å². The van der Waals surface area contributed by atoms with Crippen LogP contribution in [0.2, 0.25) is 10.0 Å². The van der Waals surface area contributed by atoms with Crippen molar-refractivity contribution in [3.8, 4) is 22.6 Å². The highest BCUT2D eigenvalue weighted by molar-refractivity contribution is 6.32. The number of fused-ring (bicyclic) bond motifs is 1. The lowest BCUT2D eigenvalue weighted by Crippen LogP contribution is -1.98. The molecule has 0 saturated carbocycles. The summed E-state index contributed by atoms with van der Waals surface area (Å²) >= 11 is 12.6. The lowest BCUT2D eigenvalue weighted by atomic mass is 10.1. The Labute approximate surface area is 195 Å². The molecule has 0 saturated heterocycles. The summed E-state index contributed by atoms with van der Waals surface area (Å²) in [6.45, 7) is 0. The fourth-order valence-electron chi connectivity index (χ4n) is 3.70. The summed E-state index contributed by atoms with van der Waals surface area (Å²) in [5, 5.41) is 5.46. The Balaban J connectivity index is 1.71. The monoisotopic (exact) mass is 460 g/mol. The van der Waals surface area contributed by atoms with Crippen molar-refractivity contribution in [2.75, 3.05) is 12.4 Å². The molecule has 0 unspecified atom stereocenters. The van der Waals surface area contributed by atoms with Gasteiger partial charge in [-0.2, -0.15) is 0 Å². The molecule has 1 N–H and O–H groups in total. The number of benzene rings is 3. The van der Waals surface area contributed by atoms with Crippen LogP contribution in [0.5, 0.6) is 5.75 Å². The minimum Gasteiger partial charge on any atom is -0.495 e. The van der Waals surface area contributed by atoms with Crippen molar-refractivity contribution in [3.63, 3.8) is 0 Å². The van der Waals surface area contributed by atoms with Gasteiger partial charge in [0.15, 0.2) is 5.65 Å². The highest BCUT2D eigenvalue weighted by atomic mass is 35.5. The Hall–Kier alpha value is -3.54. The van der Waals surface area contributed by atoms with Crippen molar-refractivity contribution in [2.45, 2.75) is 0 Å². The first-order valence-corrected chi connectivity index (χ1v) is 10.7. The van der Waals surface area contributed by atoms with Gasteiger partial charge in [0.05, 0.1) is 17.5 Å². The summed E-state index contributed by atoms with van der Waals surface area (Å²) in [6.07, 6.45) is 3.61. The SMILES string of the molecule is COc1ccc(Nc2ncnc3c2c(-c2ccccc2)cn3-c2cccc(Cl)c2)cc1Cl. The van der Waals surface area contributed by atoms with Crippen LogP contribution in [0.25, 0.3) is 27.8 Å². The molecule has 0 aliphatic rings. The molecule has 0 amide bonds. The van der Waals surface area contributed by atoms with E-state index < -0.39 is 0 Å². The molecule has 0 fully saturated rings. The van der Waals surface area contributed by atoms with Gasteiger partial charge in [-0.15, -0.1) is 0 Å². The molecule has 5 nitrogen and oxygen atoms in total. The van der Waals surface area contributed by atoms with E-state index in [-0.39, 0.29) is 0 Å². The van der Waals surface area contributed by atoms with Crippen molar-refractivity contribution < 1.29 is 4.74 Å². The highest BCUT2D eigenvalue weighted by Crippen LogP contribution is 2.37. The molecule has 0 aliphatic carbocycles. The first-order chi connectivity index (χ1) is 15.6. The molecule has 0 radical (unpaired) electrons. The number of nitrogens with one attached hydrogen (secondary N) is 1. The number of rotatable bonds is 5. The van der Waals surface area contributed by atoms with E-state index in [2.05, 4.69) is 33.6 Å². The maximum absolute atomic E-state index is 6.33. The Morgan fingerprint density at radius 3 is 2.50 bits per heavy atom. The van der Waals surface area contributed by atoms with Crippen molar-refractivity contribution in [1.82, 2.24) is 14.5 Å². The lowest BCUT2D eigenvalue weighted by Gasteiger charge is -2.10. The zero-order chi connectivity index (χ0) is 22.1. The maximum atomic E-state index is 6.33. The summed E-state index contributed by atoms with van der Waals surface area (Å²) in [6, 6.07) is 23.4. The summed E-state index contributed by atoms with van der Waals surface area (Å²) in [7, 11) is 1.59. The van der Waals surface area contributed by atoms with Crippen LogP contribution in [0.3, 0.4) is 0 Å². The second-order valence-corrected chi connectivity index (χ2v) is 8.00. The first kappa shape index (κ1) is 20.4. The average molecular weight is 461 g/mol. The van der Waals surface area contributed by atoms with Crippen LogP contribution in [-0.2, 0) is 0 Å². The molecule has 0 atom stereocenters. The Bertz CT molecular complexity index is 1420. The molecule has 2 heterocycles. The zero-order valence-corrected chi connectivity index (χ0v) is 18.6. The number of anilines is 2. The minimum absolute atomic E-state index is 0.516. The fourth-order valence-corrected chi connectivity index (χ4v) is 4.14. The van der Waals surface area contributed by atoms with E-state index in [1.807, 2.05) is 65.2 Å². The van der Waals surface area contributed by atoms with Gasteiger partial charge >= 0.3 is 0 Å². The van der Waals surface area contributed by atoms with Gasteiger partial charge in [0.25, 0.3) is 0 Å². The van der Waals surface area contributed by atoms with E-state index in [0.717, 1.165) is 33.5 Å². The molecule has 7 heteroatoms. The van der Waals surface area contributed by atoms with Crippen molar-refractivity contribution in [1.29, 1.82) is 0 Å². The van der Waals surface area contributed by atoms with Crippen LogP contribution in [0.1, 0.15) is 0 Å². The number of nitrogens with zero attached hydrogens (tertiary/aromatic N) is 3. The molecule has 2 aromatic heterocycles. The van der Waals surface area contributed by atoms with Gasteiger partial charge in [0, 0.05) is 28.2 Å². The topological polar surface area (TPSA) is 52.0 Å². The summed E-state index contributed by atoms with van der Waals surface area (Å²) < 4.78 is 7.29. The van der Waals surface area contributed by atoms with Crippen molar-refractivity contribution in [2.24, 2.45) is 0 Å². The number of hydrogen-bond acceptors (Lipinski definition) is 4. The molecule has 0 spiro atoms. The molecule has 5 aromatic rings. The normalized spacial score (nSPS) is 11.0. The Morgan fingerprint density at radius 2 is 1.75 bits per heavy atom. The third kappa shape index (κ3) is 3.77. The Kier molecular flexibility index (Phi) is 5.43. The molecule has 158 valence electrons. The fraction of sp³-hybridized carbons (Fsp3) is 0.0400. The third-order valence-corrected chi connectivity index (χ3v) is 5.70. The number of hydrogen-bond donors (Lipinski definition) is 1. The predicted molar refractivity (Wildman–Crippen MR) is 131 cm³/mol. The van der Waals surface area contributed by atoms with Crippen LogP contribution in [-0.4, -0.2) is 21.6 Å². The number of halogens is 2. The van der Waals surface area contributed by atoms with E-state index in [4.69, 9.17) is 27.9 Å². The minimum atomic E-state index is 0.516. The average Bonchev–Trinajstić information content (AvgIpc) is 3.21. The summed E-state index contributed by atoms with van der Waals surface area (Å²) in [5.74, 6) is 1.29. The van der Waals surface area contributed by atoms with E-state index >= 15 is 0 Å². The molecule has 0 bridgehead atoms. The van der Waals surface area contributed by atoms with Gasteiger partial charge in [0.2, 0.25) is 0 Å². The Morgan fingerprint density at radius 1 is 0.906 bits per heavy atom. The van der Waals surface area contributed by atoms with Crippen LogP contribution < -0.4 is 10.1 Å². The summed E-state index contributed by atoms with van der Waals surface area (Å²) in [5.41, 5.74) is 4.54. The van der Waals surface area contributed by atoms with Gasteiger partial charge in [-0.1, -0.05) is 59.6 Å². The zero-order valence-electron chi connectivity index (χ0n) is 17.1. The van der Waals surface area contributed by atoms with Crippen molar-refractivity contribution in [3.05, 3.63) is 95.4 Å². The standard InChI is InChI=1S/C25H18Cl2N4O/c1-32-22-11-10-18(13-21(22)27)30-24-23-20(16-6-3-2-4-7-16)14-31(25(23)29-15-28-24)19-9-5-8-17(26)12-19/h2-15H,1H3,(H,28,29,30). The quantitative estimate of drug-likeness (QED) is 0.302. The third-order valence-electron chi connectivity index (χ3n) is 5.17. The second kappa shape index (κ2) is 8.54. The lowest BCUT2D eigenvalue weighted by molar-refractivity contribution is 0.415. The molecule has 5 rings (SSSR count). The van der Waals surface area contributed by atoms with Crippen LogP contribution >= 0.6 is 23.2 Å². The maximum Gasteiger partial charge on any atom is 0.150 e. The van der Waals surface area contributed by atoms with E-state index in [1.165, 1.54) is 0 Å². The smallest absolute Gasteiger partial charge is 0.150 e. The van der Waals surface area contributed by atoms with Gasteiger partial charge in [-0.3, -0.25) is 0 Å². The van der Waals surface area contributed by atoms with Crippen LogP contribution in [0.15, 0.2) is 85.3 Å². The van der Waals surface area contributed by atoms with Crippen LogP contribution in [0, 0.1) is 0 Å². The first-order valence-electron chi connectivity index (χ1n) is 9.92. The molecule has 32 heavy (non-hydrogen) atoms. The molecular weight excluding hydrogens is 443 g/mol. The van der Waals surface area contributed by atoms with Crippen molar-refractivity contribution >= 4 is 45.7 Å². The largest absolute Gasteiger partial charge is 0.495 e. The van der Waals surface area contributed by atoms with Gasteiger partial charge in [0.1, 0.15) is 17.9 Å². The molecule has 3 aromatic carbocycles. The molecule has 0 aliphatic heterocycles. The highest BCUT2D eigenvalue weighted by Gasteiger charge is 2.18. The summed E-state index contributed by atoms with van der Waals surface area (Å²) in [4.78, 5) is 9.15. The molecular formula is C25H18Cl2N4O. The van der Waals surface area contributed by atoms with E-state index in [9.17, 15) is 0 Å². The number of ether oxygens (including phenoxy) is 1. The second-order valence-electron chi connectivity index (χ2n) is 7.15. The van der Waals surface area contributed by atoms with Gasteiger partial charge < -0.3 is 14.6 Å². The number of aromatic nitrogens is 3. The van der Waals surface area contributed by atoms with E-state index in [1.54, 1.807) is 13.4 Å². The van der Waals surface area contributed by atoms with Crippen LogP contribution in [0.4, 0.5) is 11.5 Å². The predicted octanol–water partition coefficient (Wildman–Crippen LogP) is 7.15. The van der Waals surface area contributed by atoms with E-state index in [0.29, 0.717) is 21.6 Å². The number of methoxy groups -OCH3 is 1. The van der Waals surface area contributed by atoms with Gasteiger partial charge in [-0.05, 0) is 42.0 Å².